The molecule has 0 atom stereocenters. The van der Waals surface area contributed by atoms with Crippen molar-refractivity contribution in [3.05, 3.63) is 5.82 Å². The van der Waals surface area contributed by atoms with Gasteiger partial charge in [-0.1, -0.05) is 11.8 Å². The number of aromatic nitrogens is 3. The summed E-state index contributed by atoms with van der Waals surface area (Å²) in [5.41, 5.74) is 0.221. The first-order valence-electron chi connectivity index (χ1n) is 7.80. The molecule has 1 heterocycles. The summed E-state index contributed by atoms with van der Waals surface area (Å²) in [5.74, 6) is 2.98. The highest BCUT2D eigenvalue weighted by Crippen LogP contribution is 2.60. The Hall–Kier alpha value is -1.04. The molecule has 5 nitrogen and oxygen atoms in total. The largest absolute Gasteiger partial charge is 0.481 e. The Morgan fingerprint density at radius 2 is 1.81 bits per heavy atom. The third kappa shape index (κ3) is 2.18. The zero-order valence-corrected chi connectivity index (χ0v) is 13.1. The molecule has 1 aromatic heterocycles. The molecule has 0 saturated heterocycles. The molecule has 21 heavy (non-hydrogen) atoms. The molecule has 114 valence electrons. The van der Waals surface area contributed by atoms with Gasteiger partial charge in [0.25, 0.3) is 0 Å². The van der Waals surface area contributed by atoms with Gasteiger partial charge >= 0.3 is 5.97 Å². The number of hydrogen-bond acceptors (Lipinski definition) is 4. The lowest BCUT2D eigenvalue weighted by Crippen LogP contribution is -2.49. The van der Waals surface area contributed by atoms with Crippen molar-refractivity contribution in [3.8, 4) is 0 Å². The van der Waals surface area contributed by atoms with E-state index in [4.69, 9.17) is 5.11 Å². The Morgan fingerprint density at radius 3 is 2.33 bits per heavy atom. The molecule has 0 radical (unpaired) electrons. The SMILES string of the molecule is Cn1c(SCC(=O)O)nnc1C12CC3CC(CC(C3)C1)C2. The van der Waals surface area contributed by atoms with Crippen molar-refractivity contribution < 1.29 is 9.90 Å². The Labute approximate surface area is 128 Å². The smallest absolute Gasteiger partial charge is 0.313 e. The summed E-state index contributed by atoms with van der Waals surface area (Å²) in [6.45, 7) is 0. The molecule has 6 heteroatoms. The van der Waals surface area contributed by atoms with Crippen LogP contribution in [0.3, 0.4) is 0 Å². The minimum atomic E-state index is -0.806. The van der Waals surface area contributed by atoms with Crippen LogP contribution in [0.5, 0.6) is 0 Å². The molecule has 4 saturated carbocycles. The van der Waals surface area contributed by atoms with Gasteiger partial charge in [-0.25, -0.2) is 0 Å². The molecule has 0 unspecified atom stereocenters. The van der Waals surface area contributed by atoms with E-state index in [1.807, 2.05) is 7.05 Å². The zero-order valence-electron chi connectivity index (χ0n) is 12.3. The predicted octanol–water partition coefficient (Wildman–Crippen LogP) is 2.46. The number of aliphatic carboxylic acids is 1. The molecule has 0 aromatic carbocycles. The van der Waals surface area contributed by atoms with Crippen molar-refractivity contribution in [2.75, 3.05) is 5.75 Å². The Balaban J connectivity index is 1.63. The quantitative estimate of drug-likeness (QED) is 0.865. The van der Waals surface area contributed by atoms with Gasteiger partial charge in [0.05, 0.1) is 5.75 Å². The fourth-order valence-corrected chi connectivity index (χ4v) is 6.04. The number of hydrogen-bond donors (Lipinski definition) is 1. The lowest BCUT2D eigenvalue weighted by molar-refractivity contribution is -0.133. The third-order valence-corrected chi connectivity index (χ3v) is 6.68. The fourth-order valence-electron chi connectivity index (χ4n) is 5.41. The van der Waals surface area contributed by atoms with Crippen LogP contribution in [0, 0.1) is 17.8 Å². The molecule has 4 fully saturated rings. The van der Waals surface area contributed by atoms with Crippen LogP contribution in [0.2, 0.25) is 0 Å². The van der Waals surface area contributed by atoms with E-state index in [0.717, 1.165) is 28.7 Å². The fraction of sp³-hybridized carbons (Fsp3) is 0.800. The summed E-state index contributed by atoms with van der Waals surface area (Å²) >= 11 is 1.27. The van der Waals surface area contributed by atoms with Crippen molar-refractivity contribution in [3.63, 3.8) is 0 Å². The van der Waals surface area contributed by atoms with Gasteiger partial charge in [0.1, 0.15) is 5.82 Å². The number of thioether (sulfide) groups is 1. The maximum absolute atomic E-state index is 10.7. The summed E-state index contributed by atoms with van der Waals surface area (Å²) in [5, 5.41) is 18.3. The summed E-state index contributed by atoms with van der Waals surface area (Å²) in [6, 6.07) is 0. The Kier molecular flexibility index (Phi) is 3.07. The molecule has 0 spiro atoms. The average Bonchev–Trinajstić information content (AvgIpc) is 2.76. The normalized spacial score (nSPS) is 37.1. The van der Waals surface area contributed by atoms with Crippen molar-refractivity contribution in [2.24, 2.45) is 24.8 Å². The minimum Gasteiger partial charge on any atom is -0.481 e. The molecule has 4 aliphatic rings. The highest BCUT2D eigenvalue weighted by Gasteiger charge is 2.53. The molecule has 0 aliphatic heterocycles. The Bertz CT molecular complexity index is 548. The van der Waals surface area contributed by atoms with Gasteiger partial charge in [-0.05, 0) is 56.3 Å². The van der Waals surface area contributed by atoms with Gasteiger partial charge in [0.15, 0.2) is 5.16 Å². The van der Waals surface area contributed by atoms with Crippen LogP contribution in [0.1, 0.15) is 44.3 Å². The average molecular weight is 307 g/mol. The molecule has 0 amide bonds. The third-order valence-electron chi connectivity index (χ3n) is 5.67. The van der Waals surface area contributed by atoms with Crippen molar-refractivity contribution in [2.45, 2.75) is 49.1 Å². The van der Waals surface area contributed by atoms with E-state index in [0.29, 0.717) is 0 Å². The van der Waals surface area contributed by atoms with Crippen LogP contribution < -0.4 is 0 Å². The van der Waals surface area contributed by atoms with E-state index >= 15 is 0 Å². The first-order valence-corrected chi connectivity index (χ1v) is 8.79. The van der Waals surface area contributed by atoms with Gasteiger partial charge < -0.3 is 9.67 Å². The Morgan fingerprint density at radius 1 is 1.24 bits per heavy atom. The number of carboxylic acid groups (broad SMARTS) is 1. The van der Waals surface area contributed by atoms with E-state index in [-0.39, 0.29) is 11.2 Å². The van der Waals surface area contributed by atoms with Crippen molar-refractivity contribution >= 4 is 17.7 Å². The van der Waals surface area contributed by atoms with E-state index in [2.05, 4.69) is 14.8 Å². The molecule has 1 N–H and O–H groups in total. The maximum atomic E-state index is 10.7. The minimum absolute atomic E-state index is 0.0485. The van der Waals surface area contributed by atoms with E-state index in [1.165, 1.54) is 50.3 Å². The van der Waals surface area contributed by atoms with Crippen molar-refractivity contribution in [1.82, 2.24) is 14.8 Å². The first kappa shape index (κ1) is 13.6. The zero-order chi connectivity index (χ0) is 14.6. The van der Waals surface area contributed by atoms with Crippen LogP contribution in [0.25, 0.3) is 0 Å². The van der Waals surface area contributed by atoms with E-state index < -0.39 is 5.97 Å². The topological polar surface area (TPSA) is 68.0 Å². The molecular formula is C15H21N3O2S. The summed E-state index contributed by atoms with van der Waals surface area (Å²) in [6.07, 6.45) is 8.02. The second-order valence-electron chi connectivity index (χ2n) is 7.25. The van der Waals surface area contributed by atoms with Gasteiger partial charge in [-0.2, -0.15) is 0 Å². The van der Waals surface area contributed by atoms with Crippen LogP contribution in [-0.4, -0.2) is 31.6 Å². The lowest BCUT2D eigenvalue weighted by atomic mass is 9.49. The molecular weight excluding hydrogens is 286 g/mol. The van der Waals surface area contributed by atoms with E-state index in [1.54, 1.807) is 0 Å². The summed E-state index contributed by atoms with van der Waals surface area (Å²) < 4.78 is 2.06. The number of rotatable bonds is 4. The highest BCUT2D eigenvalue weighted by molar-refractivity contribution is 7.99. The van der Waals surface area contributed by atoms with Gasteiger partial charge in [0, 0.05) is 12.5 Å². The second-order valence-corrected chi connectivity index (χ2v) is 8.19. The molecule has 4 aliphatic carbocycles. The monoisotopic (exact) mass is 307 g/mol. The summed E-state index contributed by atoms with van der Waals surface area (Å²) in [4.78, 5) is 10.7. The number of nitrogens with zero attached hydrogens (tertiary/aromatic N) is 3. The maximum Gasteiger partial charge on any atom is 0.313 e. The molecule has 4 bridgehead atoms. The number of carboxylic acids is 1. The lowest BCUT2D eigenvalue weighted by Gasteiger charge is -2.56. The van der Waals surface area contributed by atoms with Crippen LogP contribution in [0.4, 0.5) is 0 Å². The molecule has 1 aromatic rings. The standard InChI is InChI=1S/C15H21N3O2S/c1-18-13(16-17-14(18)21-8-12(19)20)15-5-9-2-10(6-15)4-11(3-9)7-15/h9-11H,2-8H2,1H3,(H,19,20). The molecule has 5 rings (SSSR count). The first-order chi connectivity index (χ1) is 10.1. The van der Waals surface area contributed by atoms with Crippen LogP contribution in [0.15, 0.2) is 5.16 Å². The van der Waals surface area contributed by atoms with Gasteiger partial charge in [0.2, 0.25) is 0 Å². The van der Waals surface area contributed by atoms with Crippen molar-refractivity contribution in [1.29, 1.82) is 0 Å². The van der Waals surface area contributed by atoms with Gasteiger partial charge in [-0.15, -0.1) is 10.2 Å². The second kappa shape index (κ2) is 4.73. The van der Waals surface area contributed by atoms with Crippen LogP contribution >= 0.6 is 11.8 Å². The highest BCUT2D eigenvalue weighted by atomic mass is 32.2. The van der Waals surface area contributed by atoms with E-state index in [9.17, 15) is 4.79 Å². The summed E-state index contributed by atoms with van der Waals surface area (Å²) in [7, 11) is 2.00. The number of carbonyl (C=O) groups is 1. The van der Waals surface area contributed by atoms with Crippen LogP contribution in [-0.2, 0) is 17.3 Å². The van der Waals surface area contributed by atoms with Gasteiger partial charge in [-0.3, -0.25) is 4.79 Å². The predicted molar refractivity (Wildman–Crippen MR) is 79.2 cm³/mol.